The van der Waals surface area contributed by atoms with Gasteiger partial charge in [0.15, 0.2) is 5.76 Å². The van der Waals surface area contributed by atoms with Crippen molar-refractivity contribution in [3.05, 3.63) is 36.0 Å². The molecule has 3 nitrogen and oxygen atoms in total. The van der Waals surface area contributed by atoms with E-state index in [1.807, 2.05) is 26.0 Å². The van der Waals surface area contributed by atoms with Crippen LogP contribution >= 0.6 is 0 Å². The molecule has 0 atom stereocenters. The Morgan fingerprint density at radius 2 is 1.92 bits per heavy atom. The Balaban J connectivity index is 2.41. The average Bonchev–Trinajstić information content (AvgIpc) is 2.53. The van der Waals surface area contributed by atoms with Crippen LogP contribution in [0.15, 0.2) is 28.9 Å². The molecule has 0 aliphatic rings. The molecule has 0 spiro atoms. The summed E-state index contributed by atoms with van der Waals surface area (Å²) in [6.07, 6.45) is 3.45. The van der Waals surface area contributed by atoms with Crippen LogP contribution in [0.1, 0.15) is 11.5 Å². The highest BCUT2D eigenvalue weighted by Gasteiger charge is 2.03. The lowest BCUT2D eigenvalue weighted by Gasteiger charge is -1.95. The molecule has 0 aromatic carbocycles. The van der Waals surface area contributed by atoms with Crippen molar-refractivity contribution in [1.29, 1.82) is 0 Å². The molecule has 0 bridgehead atoms. The number of furan rings is 1. The minimum atomic E-state index is 0.769. The largest absolute Gasteiger partial charge is 0.460 e. The molecule has 2 heterocycles. The van der Waals surface area contributed by atoms with Crippen molar-refractivity contribution in [2.24, 2.45) is 0 Å². The van der Waals surface area contributed by atoms with Crippen molar-refractivity contribution >= 4 is 0 Å². The van der Waals surface area contributed by atoms with Gasteiger partial charge in [-0.3, -0.25) is 4.98 Å². The van der Waals surface area contributed by atoms with Crippen LogP contribution in [0.2, 0.25) is 0 Å². The van der Waals surface area contributed by atoms with Gasteiger partial charge in [0.05, 0.1) is 11.9 Å². The molecule has 13 heavy (non-hydrogen) atoms. The lowest BCUT2D eigenvalue weighted by atomic mass is 10.3. The lowest BCUT2D eigenvalue weighted by molar-refractivity contribution is 0.546. The fourth-order valence-electron chi connectivity index (χ4n) is 1.09. The normalized spacial score (nSPS) is 10.3. The van der Waals surface area contributed by atoms with Gasteiger partial charge in [0.25, 0.3) is 0 Å². The first-order chi connectivity index (χ1) is 6.25. The van der Waals surface area contributed by atoms with Crippen molar-refractivity contribution in [1.82, 2.24) is 9.97 Å². The Morgan fingerprint density at radius 1 is 1.08 bits per heavy atom. The Kier molecular flexibility index (Phi) is 1.85. The summed E-state index contributed by atoms with van der Waals surface area (Å²) >= 11 is 0. The van der Waals surface area contributed by atoms with E-state index in [1.165, 1.54) is 0 Å². The van der Waals surface area contributed by atoms with Crippen molar-refractivity contribution in [2.45, 2.75) is 13.8 Å². The number of aryl methyl sites for hydroxylation is 2. The average molecular weight is 174 g/mol. The van der Waals surface area contributed by atoms with Crippen molar-refractivity contribution in [3.8, 4) is 11.5 Å². The third kappa shape index (κ3) is 1.59. The van der Waals surface area contributed by atoms with Crippen LogP contribution in [0.4, 0.5) is 0 Å². The molecule has 66 valence electrons. The molecule has 3 heteroatoms. The molecule has 0 aliphatic carbocycles. The lowest BCUT2D eigenvalue weighted by Crippen LogP contribution is -1.85. The summed E-state index contributed by atoms with van der Waals surface area (Å²) in [4.78, 5) is 8.35. The van der Waals surface area contributed by atoms with E-state index >= 15 is 0 Å². The summed E-state index contributed by atoms with van der Waals surface area (Å²) in [5.41, 5.74) is 1.69. The van der Waals surface area contributed by atoms with Crippen LogP contribution in [0.5, 0.6) is 0 Å². The van der Waals surface area contributed by atoms with Crippen LogP contribution in [0.3, 0.4) is 0 Å². The van der Waals surface area contributed by atoms with Crippen LogP contribution in [-0.2, 0) is 0 Å². The van der Waals surface area contributed by atoms with E-state index in [1.54, 1.807) is 12.4 Å². The van der Waals surface area contributed by atoms with E-state index in [0.717, 1.165) is 22.9 Å². The van der Waals surface area contributed by atoms with Gasteiger partial charge in [0.1, 0.15) is 11.5 Å². The van der Waals surface area contributed by atoms with Crippen LogP contribution in [0, 0.1) is 13.8 Å². The minimum absolute atomic E-state index is 0.769. The molecule has 0 aliphatic heterocycles. The maximum absolute atomic E-state index is 5.41. The third-order valence-electron chi connectivity index (χ3n) is 1.77. The molecule has 2 aromatic rings. The number of rotatable bonds is 1. The van der Waals surface area contributed by atoms with E-state index in [0.29, 0.717) is 0 Å². The van der Waals surface area contributed by atoms with Gasteiger partial charge in [0.2, 0.25) is 0 Å². The van der Waals surface area contributed by atoms with Gasteiger partial charge < -0.3 is 4.42 Å². The molecular weight excluding hydrogens is 164 g/mol. The predicted molar refractivity (Wildman–Crippen MR) is 49.2 cm³/mol. The predicted octanol–water partition coefficient (Wildman–Crippen LogP) is 2.35. The summed E-state index contributed by atoms with van der Waals surface area (Å²) in [6.45, 7) is 3.81. The zero-order valence-corrected chi connectivity index (χ0v) is 7.61. The van der Waals surface area contributed by atoms with Gasteiger partial charge in [-0.25, -0.2) is 4.98 Å². The SMILES string of the molecule is Cc1cnc(-c2ccc(C)o2)cn1. The van der Waals surface area contributed by atoms with Crippen LogP contribution in [-0.4, -0.2) is 9.97 Å². The van der Waals surface area contributed by atoms with Crippen molar-refractivity contribution in [3.63, 3.8) is 0 Å². The van der Waals surface area contributed by atoms with E-state index in [2.05, 4.69) is 9.97 Å². The zero-order chi connectivity index (χ0) is 9.26. The third-order valence-corrected chi connectivity index (χ3v) is 1.77. The molecule has 0 saturated heterocycles. The van der Waals surface area contributed by atoms with E-state index in [9.17, 15) is 0 Å². The fourth-order valence-corrected chi connectivity index (χ4v) is 1.09. The maximum Gasteiger partial charge on any atom is 0.154 e. The van der Waals surface area contributed by atoms with Gasteiger partial charge in [-0.05, 0) is 26.0 Å². The second-order valence-corrected chi connectivity index (χ2v) is 2.95. The molecule has 0 fully saturated rings. The number of hydrogen-bond donors (Lipinski definition) is 0. The molecule has 2 rings (SSSR count). The van der Waals surface area contributed by atoms with Gasteiger partial charge in [0, 0.05) is 6.20 Å². The quantitative estimate of drug-likeness (QED) is 0.666. The Labute approximate surface area is 76.5 Å². The summed E-state index contributed by atoms with van der Waals surface area (Å²) in [7, 11) is 0. The molecule has 0 amide bonds. The van der Waals surface area contributed by atoms with E-state index in [4.69, 9.17) is 4.42 Å². The second-order valence-electron chi connectivity index (χ2n) is 2.95. The molecular formula is C10H10N2O. The first-order valence-electron chi connectivity index (χ1n) is 4.11. The van der Waals surface area contributed by atoms with E-state index < -0.39 is 0 Å². The topological polar surface area (TPSA) is 38.9 Å². The van der Waals surface area contributed by atoms with Gasteiger partial charge in [-0.1, -0.05) is 0 Å². The smallest absolute Gasteiger partial charge is 0.154 e. The highest BCUT2D eigenvalue weighted by molar-refractivity contribution is 5.50. The molecule has 2 aromatic heterocycles. The number of aromatic nitrogens is 2. The summed E-state index contributed by atoms with van der Waals surface area (Å²) in [5.74, 6) is 1.65. The monoisotopic (exact) mass is 174 g/mol. The highest BCUT2D eigenvalue weighted by atomic mass is 16.3. The molecule has 0 unspecified atom stereocenters. The Bertz CT molecular complexity index is 403. The van der Waals surface area contributed by atoms with Crippen LogP contribution in [0.25, 0.3) is 11.5 Å². The van der Waals surface area contributed by atoms with E-state index in [-0.39, 0.29) is 0 Å². The number of hydrogen-bond acceptors (Lipinski definition) is 3. The fraction of sp³-hybridized carbons (Fsp3) is 0.200. The summed E-state index contributed by atoms with van der Waals surface area (Å²) < 4.78 is 5.41. The first-order valence-corrected chi connectivity index (χ1v) is 4.11. The molecule has 0 saturated carbocycles. The summed E-state index contributed by atoms with van der Waals surface area (Å²) in [5, 5.41) is 0. The van der Waals surface area contributed by atoms with Crippen molar-refractivity contribution in [2.75, 3.05) is 0 Å². The number of nitrogens with zero attached hydrogens (tertiary/aromatic N) is 2. The highest BCUT2D eigenvalue weighted by Crippen LogP contribution is 2.18. The standard InChI is InChI=1S/C10H10N2O/c1-7-5-12-9(6-11-7)10-4-3-8(2)13-10/h3-6H,1-2H3. The minimum Gasteiger partial charge on any atom is -0.460 e. The molecule has 0 N–H and O–H groups in total. The van der Waals surface area contributed by atoms with Gasteiger partial charge in [-0.2, -0.15) is 0 Å². The van der Waals surface area contributed by atoms with Crippen LogP contribution < -0.4 is 0 Å². The zero-order valence-electron chi connectivity index (χ0n) is 7.61. The Hall–Kier alpha value is -1.64. The second kappa shape index (κ2) is 3.01. The summed E-state index contributed by atoms with van der Waals surface area (Å²) in [6, 6.07) is 3.81. The van der Waals surface area contributed by atoms with Gasteiger partial charge in [-0.15, -0.1) is 0 Å². The maximum atomic E-state index is 5.41. The van der Waals surface area contributed by atoms with Gasteiger partial charge >= 0.3 is 0 Å². The molecule has 0 radical (unpaired) electrons. The Morgan fingerprint density at radius 3 is 2.46 bits per heavy atom. The first kappa shape index (κ1) is 7.98. The van der Waals surface area contributed by atoms with Crippen molar-refractivity contribution < 1.29 is 4.42 Å².